The highest BCUT2D eigenvalue weighted by Crippen LogP contribution is 2.75. The number of aromatic amines is 1. The number of ketones is 2. The van der Waals surface area contributed by atoms with E-state index in [0.29, 0.717) is 32.1 Å². The average molecular weight is 609 g/mol. The van der Waals surface area contributed by atoms with Gasteiger partial charge in [-0.25, -0.2) is 18.1 Å². The van der Waals surface area contributed by atoms with Crippen LogP contribution in [0.25, 0.3) is 0 Å². The Morgan fingerprint density at radius 2 is 1.70 bits per heavy atom. The van der Waals surface area contributed by atoms with Gasteiger partial charge in [-0.3, -0.25) is 9.59 Å². The molecule has 0 amide bonds. The highest BCUT2D eigenvalue weighted by Gasteiger charge is 2.75. The smallest absolute Gasteiger partial charge is 0.274 e. The van der Waals surface area contributed by atoms with Crippen LogP contribution >= 0.6 is 0 Å². The molecule has 43 heavy (non-hydrogen) atoms. The summed E-state index contributed by atoms with van der Waals surface area (Å²) in [4.78, 5) is 34.5. The number of nitrogens with zero attached hydrogens (tertiary/aromatic N) is 2. The van der Waals surface area contributed by atoms with Crippen LogP contribution in [-0.2, 0) is 19.6 Å². The van der Waals surface area contributed by atoms with Crippen LogP contribution in [0.15, 0.2) is 40.8 Å². The van der Waals surface area contributed by atoms with Crippen molar-refractivity contribution in [3.05, 3.63) is 35.7 Å². The third kappa shape index (κ3) is 3.68. The first-order valence-electron chi connectivity index (χ1n) is 15.4. The summed E-state index contributed by atoms with van der Waals surface area (Å²) in [6, 6.07) is 2.13. The second kappa shape index (κ2) is 8.76. The molecule has 10 heteroatoms. The van der Waals surface area contributed by atoms with Crippen LogP contribution in [0.1, 0.15) is 93.4 Å². The van der Waals surface area contributed by atoms with Crippen molar-refractivity contribution in [2.24, 2.45) is 38.9 Å². The molecular weight excluding hydrogens is 564 g/mol. The fourth-order valence-corrected chi connectivity index (χ4v) is 12.0. The first-order valence-corrected chi connectivity index (χ1v) is 16.9. The number of imidazole rings is 1. The third-order valence-electron chi connectivity index (χ3n) is 13.4. The van der Waals surface area contributed by atoms with Gasteiger partial charge in [0.2, 0.25) is 5.16 Å². The molecule has 9 nitrogen and oxygen atoms in total. The molecule has 1 heterocycles. The minimum absolute atomic E-state index is 0.0886. The number of nitriles is 1. The second-order valence-electron chi connectivity index (χ2n) is 15.9. The Labute approximate surface area is 254 Å². The first-order chi connectivity index (χ1) is 19.7. The van der Waals surface area contributed by atoms with Crippen LogP contribution in [0.5, 0.6) is 0 Å². The number of hydrogen-bond donors (Lipinski definition) is 3. The van der Waals surface area contributed by atoms with Crippen molar-refractivity contribution in [1.82, 2.24) is 14.7 Å². The Morgan fingerprint density at radius 3 is 2.33 bits per heavy atom. The lowest BCUT2D eigenvalue weighted by molar-refractivity contribution is -0.239. The molecule has 232 valence electrons. The normalized spacial score (nSPS) is 45.5. The van der Waals surface area contributed by atoms with Gasteiger partial charge in [0.1, 0.15) is 11.7 Å². The van der Waals surface area contributed by atoms with E-state index >= 15 is 0 Å². The molecule has 0 saturated heterocycles. The van der Waals surface area contributed by atoms with E-state index in [4.69, 9.17) is 0 Å². The standard InChI is InChI=1S/C33H44N4O5S/c1-27(2)21-8-9-31(6)22(30(21,5)17-20(19-34)25(27)39)16-24(38)33(40)23-18-29(4,37-43(41,42)26-35-14-15-36-26)12-10-28(23,3)11-13-32(31,33)7/h14-17,21,23,37,40H,8-13,18H2,1-7H3,(H,35,36)/t21-,23+,28+,29-,30-,31+,32-,33+/m0/s1. The highest BCUT2D eigenvalue weighted by molar-refractivity contribution is 7.89. The number of carbonyl (C=O) groups excluding carboxylic acids is 2. The maximum absolute atomic E-state index is 14.6. The van der Waals surface area contributed by atoms with Gasteiger partial charge >= 0.3 is 0 Å². The molecule has 0 bridgehead atoms. The van der Waals surface area contributed by atoms with E-state index < -0.39 is 48.7 Å². The third-order valence-corrected chi connectivity index (χ3v) is 14.9. The molecule has 0 spiro atoms. The fourth-order valence-electron chi connectivity index (χ4n) is 10.6. The maximum atomic E-state index is 14.6. The molecule has 0 unspecified atom stereocenters. The summed E-state index contributed by atoms with van der Waals surface area (Å²) in [5.74, 6) is -1.08. The molecular formula is C33H44N4O5S. The number of H-pyrrole nitrogens is 1. The van der Waals surface area contributed by atoms with Gasteiger partial charge in [0.05, 0.1) is 5.57 Å². The lowest BCUT2D eigenvalue weighted by atomic mass is 9.33. The number of hydrogen-bond acceptors (Lipinski definition) is 7. The highest BCUT2D eigenvalue weighted by atomic mass is 32.2. The van der Waals surface area contributed by atoms with Crippen molar-refractivity contribution in [2.45, 2.75) is 110 Å². The number of aliphatic hydroxyl groups is 1. The van der Waals surface area contributed by atoms with E-state index in [1.54, 1.807) is 12.2 Å². The maximum Gasteiger partial charge on any atom is 0.274 e. The number of aromatic nitrogens is 2. The molecule has 3 saturated carbocycles. The number of rotatable bonds is 3. The predicted molar refractivity (Wildman–Crippen MR) is 160 cm³/mol. The zero-order chi connectivity index (χ0) is 31.6. The van der Waals surface area contributed by atoms with Crippen molar-refractivity contribution in [2.75, 3.05) is 0 Å². The number of carbonyl (C=O) groups is 2. The van der Waals surface area contributed by atoms with Gasteiger partial charge in [-0.1, -0.05) is 47.6 Å². The molecule has 0 aromatic carbocycles. The summed E-state index contributed by atoms with van der Waals surface area (Å²) in [6.07, 6.45) is 10.7. The summed E-state index contributed by atoms with van der Waals surface area (Å²) in [5, 5.41) is 22.8. The molecule has 0 radical (unpaired) electrons. The van der Waals surface area contributed by atoms with Gasteiger partial charge in [-0.2, -0.15) is 5.26 Å². The van der Waals surface area contributed by atoms with Crippen LogP contribution < -0.4 is 4.72 Å². The van der Waals surface area contributed by atoms with Gasteiger partial charge in [-0.15, -0.1) is 0 Å². The Bertz CT molecular complexity index is 1640. The molecule has 5 aliphatic rings. The van der Waals surface area contributed by atoms with E-state index in [0.717, 1.165) is 18.4 Å². The van der Waals surface area contributed by atoms with Crippen LogP contribution in [0.2, 0.25) is 0 Å². The predicted octanol–water partition coefficient (Wildman–Crippen LogP) is 4.77. The summed E-state index contributed by atoms with van der Waals surface area (Å²) in [7, 11) is -3.94. The van der Waals surface area contributed by atoms with E-state index in [1.807, 2.05) is 27.7 Å². The van der Waals surface area contributed by atoms with Crippen molar-refractivity contribution < 1.29 is 23.1 Å². The zero-order valence-corrected chi connectivity index (χ0v) is 27.1. The minimum atomic E-state index is -3.94. The van der Waals surface area contributed by atoms with Gasteiger partial charge in [0.25, 0.3) is 10.0 Å². The van der Waals surface area contributed by atoms with Gasteiger partial charge < -0.3 is 10.1 Å². The van der Waals surface area contributed by atoms with Crippen LogP contribution in [0.4, 0.5) is 0 Å². The Hall–Kier alpha value is -2.61. The molecule has 0 aliphatic heterocycles. The Balaban J connectivity index is 1.47. The molecule has 3 fully saturated rings. The van der Waals surface area contributed by atoms with Gasteiger partial charge in [0.15, 0.2) is 11.6 Å². The van der Waals surface area contributed by atoms with Crippen LogP contribution in [0.3, 0.4) is 0 Å². The molecule has 5 aliphatic carbocycles. The number of Topliss-reactive ketones (excluding diaryl/α,β-unsaturated/α-hetero) is 1. The van der Waals surface area contributed by atoms with Crippen molar-refractivity contribution in [3.8, 4) is 6.07 Å². The first kappa shape index (κ1) is 30.4. The summed E-state index contributed by atoms with van der Waals surface area (Å²) in [6.45, 7) is 14.1. The molecule has 6 rings (SSSR count). The SMILES string of the molecule is CC1(C)C(=O)C(C#N)=C[C@]2(C)C3=CC(=O)[C@]4(O)[C@@H]5C[C@@](C)(NS(=O)(=O)c6ncc[nH]6)CC[C@]5(C)CC[C@@]4(C)[C@]3(C)CC[C@@H]12. The van der Waals surface area contributed by atoms with E-state index in [2.05, 4.69) is 41.5 Å². The Kier molecular flexibility index (Phi) is 6.20. The van der Waals surface area contributed by atoms with E-state index in [-0.39, 0.29) is 33.6 Å². The van der Waals surface area contributed by atoms with Gasteiger partial charge in [0, 0.05) is 40.1 Å². The summed E-state index contributed by atoms with van der Waals surface area (Å²) >= 11 is 0. The number of fused-ring (bicyclic) bond motifs is 7. The minimum Gasteiger partial charge on any atom is -0.381 e. The quantitative estimate of drug-likeness (QED) is 0.447. The second-order valence-corrected chi connectivity index (χ2v) is 17.5. The number of nitrogens with one attached hydrogen (secondary N) is 2. The van der Waals surface area contributed by atoms with Crippen molar-refractivity contribution >= 4 is 21.6 Å². The molecule has 1 aromatic heterocycles. The lowest BCUT2D eigenvalue weighted by Gasteiger charge is -2.71. The fraction of sp³-hybridized carbons (Fsp3) is 0.697. The summed E-state index contributed by atoms with van der Waals surface area (Å²) < 4.78 is 29.3. The monoisotopic (exact) mass is 608 g/mol. The number of sulfonamides is 1. The van der Waals surface area contributed by atoms with Crippen molar-refractivity contribution in [1.29, 1.82) is 5.26 Å². The largest absolute Gasteiger partial charge is 0.381 e. The van der Waals surface area contributed by atoms with Crippen LogP contribution in [-0.4, -0.2) is 46.2 Å². The Morgan fingerprint density at radius 1 is 1.02 bits per heavy atom. The van der Waals surface area contributed by atoms with E-state index in [1.165, 1.54) is 12.4 Å². The average Bonchev–Trinajstić information content (AvgIpc) is 3.47. The molecule has 8 atom stereocenters. The van der Waals surface area contributed by atoms with Gasteiger partial charge in [-0.05, 0) is 80.3 Å². The van der Waals surface area contributed by atoms with Crippen LogP contribution in [0, 0.1) is 50.2 Å². The molecule has 1 aromatic rings. The summed E-state index contributed by atoms with van der Waals surface area (Å²) in [5.41, 5.74) is -4.82. The van der Waals surface area contributed by atoms with E-state index in [9.17, 15) is 28.4 Å². The molecule has 3 N–H and O–H groups in total. The van der Waals surface area contributed by atoms with Crippen molar-refractivity contribution in [3.63, 3.8) is 0 Å². The number of allylic oxidation sites excluding steroid dienone is 3. The zero-order valence-electron chi connectivity index (χ0n) is 26.3. The lowest BCUT2D eigenvalue weighted by Crippen LogP contribution is -2.74. The topological polar surface area (TPSA) is 153 Å².